The summed E-state index contributed by atoms with van der Waals surface area (Å²) >= 11 is 0. The molecule has 1 aromatic heterocycles. The molecule has 0 unspecified atom stereocenters. The summed E-state index contributed by atoms with van der Waals surface area (Å²) in [6.45, 7) is 1.68. The van der Waals surface area contributed by atoms with Gasteiger partial charge in [-0.2, -0.15) is 0 Å². The van der Waals surface area contributed by atoms with Crippen LogP contribution < -0.4 is 0 Å². The largest absolute Gasteiger partial charge is 0.481 e. The number of aliphatic carboxylic acids is 1. The molecule has 0 amide bonds. The summed E-state index contributed by atoms with van der Waals surface area (Å²) < 4.78 is 0. The molecule has 2 aromatic rings. The van der Waals surface area contributed by atoms with Gasteiger partial charge in [0.1, 0.15) is 0 Å². The molecular formula is C17H17NO3. The Morgan fingerprint density at radius 1 is 1.33 bits per heavy atom. The zero-order valence-electron chi connectivity index (χ0n) is 11.8. The van der Waals surface area contributed by atoms with Gasteiger partial charge >= 0.3 is 5.97 Å². The molecular weight excluding hydrogens is 266 g/mol. The number of rotatable bonds is 4. The van der Waals surface area contributed by atoms with Crippen LogP contribution in [0.5, 0.6) is 0 Å². The van der Waals surface area contributed by atoms with Gasteiger partial charge in [0.2, 0.25) is 0 Å². The van der Waals surface area contributed by atoms with E-state index in [4.69, 9.17) is 5.11 Å². The fraction of sp³-hybridized carbons (Fsp3) is 0.294. The van der Waals surface area contributed by atoms with Crippen molar-refractivity contribution in [3.8, 4) is 0 Å². The van der Waals surface area contributed by atoms with E-state index in [1.807, 2.05) is 36.4 Å². The summed E-state index contributed by atoms with van der Waals surface area (Å²) in [5, 5.41) is 19.7. The molecule has 1 saturated carbocycles. The zero-order chi connectivity index (χ0) is 15.0. The molecule has 1 aliphatic rings. The van der Waals surface area contributed by atoms with Crippen molar-refractivity contribution in [2.75, 3.05) is 0 Å². The van der Waals surface area contributed by atoms with Crippen LogP contribution in [0.15, 0.2) is 36.4 Å². The number of carboxylic acid groups (broad SMARTS) is 1. The SMILES string of the molecule is C[C@@H](O)c1ccc2ccc(C=CC3(C(=O)O)CC3)cc2n1. The first-order valence-electron chi connectivity index (χ1n) is 7.02. The number of fused-ring (bicyclic) bond motifs is 1. The van der Waals surface area contributed by atoms with E-state index in [9.17, 15) is 9.90 Å². The van der Waals surface area contributed by atoms with Crippen LogP contribution in [-0.2, 0) is 4.79 Å². The maximum absolute atomic E-state index is 11.1. The summed E-state index contributed by atoms with van der Waals surface area (Å²) in [6, 6.07) is 9.55. The minimum atomic E-state index is -0.756. The molecule has 0 bridgehead atoms. The minimum Gasteiger partial charge on any atom is -0.481 e. The molecule has 1 aliphatic carbocycles. The Morgan fingerprint density at radius 2 is 2.05 bits per heavy atom. The second kappa shape index (κ2) is 4.97. The highest BCUT2D eigenvalue weighted by Crippen LogP contribution is 2.47. The van der Waals surface area contributed by atoms with Crippen LogP contribution in [0, 0.1) is 5.41 Å². The Balaban J connectivity index is 1.93. The van der Waals surface area contributed by atoms with Gasteiger partial charge in [-0.15, -0.1) is 0 Å². The van der Waals surface area contributed by atoms with Crippen LogP contribution in [0.3, 0.4) is 0 Å². The van der Waals surface area contributed by atoms with Gasteiger partial charge in [-0.25, -0.2) is 0 Å². The molecule has 0 spiro atoms. The first-order chi connectivity index (χ1) is 10.00. The number of aromatic nitrogens is 1. The van der Waals surface area contributed by atoms with E-state index in [1.54, 1.807) is 13.0 Å². The molecule has 4 nitrogen and oxygen atoms in total. The lowest BCUT2D eigenvalue weighted by molar-refractivity contribution is -0.141. The first kappa shape index (κ1) is 13.8. The Hall–Kier alpha value is -2.20. The van der Waals surface area contributed by atoms with Crippen molar-refractivity contribution in [1.82, 2.24) is 4.98 Å². The monoisotopic (exact) mass is 283 g/mol. The molecule has 4 heteroatoms. The highest BCUT2D eigenvalue weighted by atomic mass is 16.4. The number of hydrogen-bond donors (Lipinski definition) is 2. The van der Waals surface area contributed by atoms with Crippen LogP contribution in [0.25, 0.3) is 17.0 Å². The predicted molar refractivity (Wildman–Crippen MR) is 80.7 cm³/mol. The van der Waals surface area contributed by atoms with Gasteiger partial charge in [-0.1, -0.05) is 30.4 Å². The van der Waals surface area contributed by atoms with E-state index >= 15 is 0 Å². The van der Waals surface area contributed by atoms with Crippen LogP contribution >= 0.6 is 0 Å². The third kappa shape index (κ3) is 2.67. The van der Waals surface area contributed by atoms with Crippen LogP contribution in [0.2, 0.25) is 0 Å². The molecule has 3 rings (SSSR count). The van der Waals surface area contributed by atoms with Crippen LogP contribution in [0.1, 0.15) is 37.1 Å². The second-order valence-corrected chi connectivity index (χ2v) is 5.66. The number of hydrogen-bond acceptors (Lipinski definition) is 3. The van der Waals surface area contributed by atoms with Gasteiger partial charge in [-0.3, -0.25) is 9.78 Å². The maximum Gasteiger partial charge on any atom is 0.313 e. The van der Waals surface area contributed by atoms with Crippen molar-refractivity contribution in [3.63, 3.8) is 0 Å². The number of aliphatic hydroxyl groups is 1. The molecule has 0 radical (unpaired) electrons. The summed E-state index contributed by atoms with van der Waals surface area (Å²) in [5.41, 5.74) is 1.69. The number of benzene rings is 1. The van der Waals surface area contributed by atoms with E-state index < -0.39 is 17.5 Å². The topological polar surface area (TPSA) is 70.4 Å². The lowest BCUT2D eigenvalue weighted by Crippen LogP contribution is -2.10. The van der Waals surface area contributed by atoms with E-state index in [0.29, 0.717) is 18.5 Å². The normalized spacial score (nSPS) is 18.0. The number of aliphatic hydroxyl groups excluding tert-OH is 1. The fourth-order valence-electron chi connectivity index (χ4n) is 2.33. The number of carboxylic acids is 1. The lowest BCUT2D eigenvalue weighted by Gasteiger charge is -2.06. The predicted octanol–water partition coefficient (Wildman–Crippen LogP) is 3.17. The van der Waals surface area contributed by atoms with Crippen molar-refractivity contribution >= 4 is 22.9 Å². The van der Waals surface area contributed by atoms with E-state index in [1.165, 1.54) is 0 Å². The zero-order valence-corrected chi connectivity index (χ0v) is 11.8. The second-order valence-electron chi connectivity index (χ2n) is 5.66. The van der Waals surface area contributed by atoms with Crippen molar-refractivity contribution < 1.29 is 15.0 Å². The highest BCUT2D eigenvalue weighted by molar-refractivity contribution is 5.84. The maximum atomic E-state index is 11.1. The molecule has 2 N–H and O–H groups in total. The van der Waals surface area contributed by atoms with Gasteiger partial charge in [0.25, 0.3) is 0 Å². The average molecular weight is 283 g/mol. The third-order valence-corrected chi connectivity index (χ3v) is 3.98. The molecule has 0 aliphatic heterocycles. The average Bonchev–Trinajstić information content (AvgIpc) is 3.25. The summed E-state index contributed by atoms with van der Waals surface area (Å²) in [4.78, 5) is 15.6. The molecule has 1 heterocycles. The Bertz CT molecular complexity index is 730. The minimum absolute atomic E-state index is 0.602. The first-order valence-corrected chi connectivity index (χ1v) is 7.02. The van der Waals surface area contributed by atoms with Gasteiger partial charge in [0, 0.05) is 5.39 Å². The van der Waals surface area contributed by atoms with Crippen molar-refractivity contribution in [2.24, 2.45) is 5.41 Å². The van der Waals surface area contributed by atoms with E-state index in [-0.39, 0.29) is 0 Å². The smallest absolute Gasteiger partial charge is 0.313 e. The summed E-state index contributed by atoms with van der Waals surface area (Å²) in [6.07, 6.45) is 4.43. The Morgan fingerprint density at radius 3 is 2.67 bits per heavy atom. The van der Waals surface area contributed by atoms with E-state index in [0.717, 1.165) is 16.5 Å². The number of carbonyl (C=O) groups is 1. The molecule has 1 atom stereocenters. The molecule has 21 heavy (non-hydrogen) atoms. The molecule has 1 aromatic carbocycles. The van der Waals surface area contributed by atoms with Gasteiger partial charge in [0.15, 0.2) is 0 Å². The lowest BCUT2D eigenvalue weighted by atomic mass is 10.0. The molecule has 0 saturated heterocycles. The van der Waals surface area contributed by atoms with Crippen molar-refractivity contribution in [1.29, 1.82) is 0 Å². The van der Waals surface area contributed by atoms with Crippen LogP contribution in [0.4, 0.5) is 0 Å². The van der Waals surface area contributed by atoms with Crippen molar-refractivity contribution in [3.05, 3.63) is 47.7 Å². The number of nitrogens with zero attached hydrogens (tertiary/aromatic N) is 1. The van der Waals surface area contributed by atoms with Gasteiger partial charge in [0.05, 0.1) is 22.7 Å². The standard InChI is InChI=1S/C17H17NO3/c1-11(19)14-5-4-13-3-2-12(10-15(13)18-14)6-7-17(8-9-17)16(20)21/h2-7,10-11,19H,8-9H2,1H3,(H,20,21)/t11-/m1/s1. The Kier molecular flexibility index (Phi) is 3.26. The number of pyridine rings is 1. The van der Waals surface area contributed by atoms with Gasteiger partial charge < -0.3 is 10.2 Å². The molecule has 108 valence electrons. The summed E-state index contributed by atoms with van der Waals surface area (Å²) in [5.74, 6) is -0.756. The van der Waals surface area contributed by atoms with Crippen LogP contribution in [-0.4, -0.2) is 21.2 Å². The highest BCUT2D eigenvalue weighted by Gasteiger charge is 2.47. The Labute approximate surface area is 122 Å². The van der Waals surface area contributed by atoms with E-state index in [2.05, 4.69) is 4.98 Å². The quantitative estimate of drug-likeness (QED) is 0.904. The van der Waals surface area contributed by atoms with Crippen molar-refractivity contribution in [2.45, 2.75) is 25.9 Å². The third-order valence-electron chi connectivity index (χ3n) is 3.98. The summed E-state index contributed by atoms with van der Waals surface area (Å²) in [7, 11) is 0. The molecule has 1 fully saturated rings. The fourth-order valence-corrected chi connectivity index (χ4v) is 2.33. The van der Waals surface area contributed by atoms with Gasteiger partial charge in [-0.05, 0) is 37.5 Å².